The number of benzene rings is 1. The van der Waals surface area contributed by atoms with Crippen LogP contribution in [0.1, 0.15) is 24.4 Å². The summed E-state index contributed by atoms with van der Waals surface area (Å²) in [6.07, 6.45) is 1.16. The van der Waals surface area contributed by atoms with Crippen LogP contribution in [0.4, 0.5) is 4.79 Å². The van der Waals surface area contributed by atoms with E-state index in [1.54, 1.807) is 12.1 Å². The van der Waals surface area contributed by atoms with Crippen molar-refractivity contribution >= 4 is 17.7 Å². The summed E-state index contributed by atoms with van der Waals surface area (Å²) in [6.45, 7) is 0.590. The number of halogens is 1. The van der Waals surface area contributed by atoms with Crippen LogP contribution in [0, 0.1) is 0 Å². The van der Waals surface area contributed by atoms with Crippen LogP contribution in [-0.2, 0) is 4.74 Å². The van der Waals surface area contributed by atoms with Gasteiger partial charge >= 0.3 is 6.09 Å². The number of carbonyl (C=O) groups excluding carboxylic acids is 1. The van der Waals surface area contributed by atoms with Crippen molar-refractivity contribution in [2.45, 2.75) is 18.9 Å². The molecule has 1 aromatic rings. The minimum absolute atomic E-state index is 0.0942. The van der Waals surface area contributed by atoms with Gasteiger partial charge in [-0.1, -0.05) is 23.7 Å². The van der Waals surface area contributed by atoms with Crippen LogP contribution in [0.2, 0.25) is 5.02 Å². The van der Waals surface area contributed by atoms with Crippen LogP contribution in [0.3, 0.4) is 0 Å². The van der Waals surface area contributed by atoms with E-state index in [-0.39, 0.29) is 6.04 Å². The lowest BCUT2D eigenvalue weighted by molar-refractivity contribution is 0.166. The summed E-state index contributed by atoms with van der Waals surface area (Å²) in [5, 5.41) is 3.45. The first-order valence-electron chi connectivity index (χ1n) is 5.47. The quantitative estimate of drug-likeness (QED) is 0.851. The Morgan fingerprint density at radius 1 is 1.47 bits per heavy atom. The molecule has 0 spiro atoms. The zero-order chi connectivity index (χ0) is 12.7. The van der Waals surface area contributed by atoms with Gasteiger partial charge in [-0.05, 0) is 37.1 Å². The summed E-state index contributed by atoms with van der Waals surface area (Å²) in [5.41, 5.74) is 6.47. The van der Waals surface area contributed by atoms with Crippen molar-refractivity contribution in [2.75, 3.05) is 13.7 Å². The van der Waals surface area contributed by atoms with Gasteiger partial charge in [0.05, 0.1) is 13.2 Å². The molecule has 1 atom stereocenters. The highest BCUT2D eigenvalue weighted by molar-refractivity contribution is 6.30. The first-order chi connectivity index (χ1) is 8.17. The van der Waals surface area contributed by atoms with E-state index in [9.17, 15) is 4.79 Å². The summed E-state index contributed by atoms with van der Waals surface area (Å²) in [4.78, 5) is 11.2. The van der Waals surface area contributed by atoms with Gasteiger partial charge in [-0.3, -0.25) is 0 Å². The van der Waals surface area contributed by atoms with Crippen LogP contribution >= 0.6 is 11.6 Å². The maximum absolute atomic E-state index is 11.2. The van der Waals surface area contributed by atoms with Gasteiger partial charge in [0.1, 0.15) is 0 Å². The SMILES string of the molecule is COC(=O)NC(CCCN)c1ccc(Cl)cc1. The highest BCUT2D eigenvalue weighted by atomic mass is 35.5. The Bertz CT molecular complexity index is 354. The number of carbonyl (C=O) groups is 1. The molecule has 0 bridgehead atoms. The predicted molar refractivity (Wildman–Crippen MR) is 68.0 cm³/mol. The number of rotatable bonds is 5. The number of alkyl carbamates (subject to hydrolysis) is 1. The number of nitrogens with one attached hydrogen (secondary N) is 1. The van der Waals surface area contributed by atoms with E-state index in [2.05, 4.69) is 10.1 Å². The summed E-state index contributed by atoms with van der Waals surface area (Å²) in [6, 6.07) is 7.28. The molecule has 1 unspecified atom stereocenters. The highest BCUT2D eigenvalue weighted by Crippen LogP contribution is 2.20. The van der Waals surface area contributed by atoms with Gasteiger partial charge < -0.3 is 15.8 Å². The first kappa shape index (κ1) is 13.8. The summed E-state index contributed by atoms with van der Waals surface area (Å²) < 4.78 is 4.60. The van der Waals surface area contributed by atoms with E-state index in [0.29, 0.717) is 11.6 Å². The molecule has 5 heteroatoms. The second kappa shape index (κ2) is 7.14. The molecule has 94 valence electrons. The molecule has 0 aromatic heterocycles. The smallest absolute Gasteiger partial charge is 0.407 e. The third kappa shape index (κ3) is 4.63. The van der Waals surface area contributed by atoms with Crippen LogP contribution in [0.15, 0.2) is 24.3 Å². The predicted octanol–water partition coefficient (Wildman–Crippen LogP) is 2.48. The van der Waals surface area contributed by atoms with Crippen molar-refractivity contribution < 1.29 is 9.53 Å². The Hall–Kier alpha value is -1.26. The van der Waals surface area contributed by atoms with Gasteiger partial charge in [0.15, 0.2) is 0 Å². The first-order valence-corrected chi connectivity index (χ1v) is 5.85. The van der Waals surface area contributed by atoms with Gasteiger partial charge in [-0.15, -0.1) is 0 Å². The Labute approximate surface area is 106 Å². The van der Waals surface area contributed by atoms with E-state index in [1.807, 2.05) is 12.1 Å². The van der Waals surface area contributed by atoms with Crippen LogP contribution in [-0.4, -0.2) is 19.7 Å². The number of nitrogens with two attached hydrogens (primary N) is 1. The molecule has 1 amide bonds. The van der Waals surface area contributed by atoms with E-state index in [4.69, 9.17) is 17.3 Å². The topological polar surface area (TPSA) is 64.3 Å². The van der Waals surface area contributed by atoms with Gasteiger partial charge in [-0.25, -0.2) is 4.79 Å². The molecule has 0 radical (unpaired) electrons. The number of amides is 1. The molecule has 3 N–H and O–H groups in total. The Morgan fingerprint density at radius 2 is 2.12 bits per heavy atom. The van der Waals surface area contributed by atoms with Gasteiger partial charge in [0.25, 0.3) is 0 Å². The molecule has 0 aliphatic carbocycles. The summed E-state index contributed by atoms with van der Waals surface area (Å²) in [5.74, 6) is 0. The normalized spacial score (nSPS) is 11.9. The van der Waals surface area contributed by atoms with E-state index >= 15 is 0 Å². The third-order valence-electron chi connectivity index (χ3n) is 2.45. The van der Waals surface area contributed by atoms with Crippen molar-refractivity contribution in [2.24, 2.45) is 5.73 Å². The summed E-state index contributed by atoms with van der Waals surface area (Å²) in [7, 11) is 1.34. The van der Waals surface area contributed by atoms with Gasteiger partial charge in [-0.2, -0.15) is 0 Å². The second-order valence-electron chi connectivity index (χ2n) is 3.67. The highest BCUT2D eigenvalue weighted by Gasteiger charge is 2.14. The fraction of sp³-hybridized carbons (Fsp3) is 0.417. The number of ether oxygens (including phenoxy) is 1. The lowest BCUT2D eigenvalue weighted by Gasteiger charge is -2.18. The van der Waals surface area contributed by atoms with Crippen LogP contribution in [0.5, 0.6) is 0 Å². The zero-order valence-corrected chi connectivity index (χ0v) is 10.5. The van der Waals surface area contributed by atoms with Gasteiger partial charge in [0, 0.05) is 5.02 Å². The molecule has 0 saturated carbocycles. The van der Waals surface area contributed by atoms with Crippen LogP contribution in [0.25, 0.3) is 0 Å². The third-order valence-corrected chi connectivity index (χ3v) is 2.70. The standard InChI is InChI=1S/C12H17ClN2O2/c1-17-12(16)15-11(3-2-8-14)9-4-6-10(13)7-5-9/h4-7,11H,2-3,8,14H2,1H3,(H,15,16). The molecular weight excluding hydrogens is 240 g/mol. The molecule has 1 aromatic carbocycles. The van der Waals surface area contributed by atoms with E-state index in [1.165, 1.54) is 7.11 Å². The molecule has 1 rings (SSSR count). The fourth-order valence-electron chi connectivity index (χ4n) is 1.54. The van der Waals surface area contributed by atoms with Crippen molar-refractivity contribution in [1.29, 1.82) is 0 Å². The van der Waals surface area contributed by atoms with Crippen LogP contribution < -0.4 is 11.1 Å². The molecule has 0 heterocycles. The number of hydrogen-bond donors (Lipinski definition) is 2. The zero-order valence-electron chi connectivity index (χ0n) is 9.78. The minimum atomic E-state index is -0.443. The largest absolute Gasteiger partial charge is 0.453 e. The second-order valence-corrected chi connectivity index (χ2v) is 4.11. The van der Waals surface area contributed by atoms with Crippen molar-refractivity contribution in [1.82, 2.24) is 5.32 Å². The lowest BCUT2D eigenvalue weighted by Crippen LogP contribution is -2.28. The maximum atomic E-state index is 11.2. The molecule has 17 heavy (non-hydrogen) atoms. The van der Waals surface area contributed by atoms with Crippen molar-refractivity contribution in [3.8, 4) is 0 Å². The van der Waals surface area contributed by atoms with E-state index in [0.717, 1.165) is 18.4 Å². The molecule has 0 aliphatic rings. The molecule has 0 aliphatic heterocycles. The Kier molecular flexibility index (Phi) is 5.80. The fourth-order valence-corrected chi connectivity index (χ4v) is 1.67. The molecule has 4 nitrogen and oxygen atoms in total. The monoisotopic (exact) mass is 256 g/mol. The molecule has 0 fully saturated rings. The van der Waals surface area contributed by atoms with Crippen molar-refractivity contribution in [3.05, 3.63) is 34.9 Å². The summed E-state index contributed by atoms with van der Waals surface area (Å²) >= 11 is 5.82. The molecular formula is C12H17ClN2O2. The Morgan fingerprint density at radius 3 is 2.65 bits per heavy atom. The Balaban J connectivity index is 2.74. The average molecular weight is 257 g/mol. The van der Waals surface area contributed by atoms with Gasteiger partial charge in [0.2, 0.25) is 0 Å². The van der Waals surface area contributed by atoms with Crippen molar-refractivity contribution in [3.63, 3.8) is 0 Å². The maximum Gasteiger partial charge on any atom is 0.407 e. The lowest BCUT2D eigenvalue weighted by atomic mass is 10.0. The molecule has 0 saturated heterocycles. The number of methoxy groups -OCH3 is 1. The number of hydrogen-bond acceptors (Lipinski definition) is 3. The minimum Gasteiger partial charge on any atom is -0.453 e. The van der Waals surface area contributed by atoms with E-state index < -0.39 is 6.09 Å². The average Bonchev–Trinajstić information content (AvgIpc) is 2.35.